The molecule has 0 N–H and O–H groups in total. The molecule has 0 fully saturated rings. The number of hydrogen-bond acceptors (Lipinski definition) is 0. The molecule has 0 atom stereocenters. The first-order chi connectivity index (χ1) is 10.1. The Labute approximate surface area is 186 Å². The molecule has 3 rings (SSSR count). The van der Waals surface area contributed by atoms with Crippen molar-refractivity contribution in [3.05, 3.63) is 78.4 Å². The van der Waals surface area contributed by atoms with Crippen LogP contribution in [0.5, 0.6) is 0 Å². The van der Waals surface area contributed by atoms with Crippen LogP contribution in [0.1, 0.15) is 0 Å². The van der Waals surface area contributed by atoms with Gasteiger partial charge < -0.3 is 0 Å². The zero-order valence-corrected chi connectivity index (χ0v) is 17.8. The third-order valence-electron chi connectivity index (χ3n) is 3.39. The van der Waals surface area contributed by atoms with Crippen LogP contribution in [0.25, 0.3) is 22.3 Å². The van der Waals surface area contributed by atoms with Gasteiger partial charge in [0.15, 0.2) is 27.9 Å². The molecule has 0 aromatic heterocycles. The molecule has 117 valence electrons. The van der Waals surface area contributed by atoms with Gasteiger partial charge in [-0.25, -0.2) is 8.78 Å². The molecule has 0 nitrogen and oxygen atoms in total. The summed E-state index contributed by atoms with van der Waals surface area (Å²) >= 11 is 2.64. The number of rotatable bonds is 2. The Bertz CT molecular complexity index is 774. The quantitative estimate of drug-likeness (QED) is 0.371. The van der Waals surface area contributed by atoms with Crippen molar-refractivity contribution in [2.75, 3.05) is 0 Å². The van der Waals surface area contributed by atoms with Crippen molar-refractivity contribution in [1.82, 2.24) is 0 Å². The average Bonchev–Trinajstić information content (AvgIpc) is 2.51. The fraction of sp³-hybridized carbons (Fsp3) is 0. The third-order valence-corrected chi connectivity index (χ3v) is 3.78. The molecule has 3 aromatic rings. The molecule has 0 unspecified atom stereocenters. The Balaban J connectivity index is 0.00000132. The number of benzene rings is 3. The minimum Gasteiger partial charge on any atom is -0.204 e. The van der Waals surface area contributed by atoms with Crippen LogP contribution in [0.4, 0.5) is 8.78 Å². The van der Waals surface area contributed by atoms with Gasteiger partial charge in [-0.3, -0.25) is 0 Å². The standard InChI is InChI=1S/C18H11F2.Al.Dy.Re/c19-17-8-4-7-16(18(17)20)15-11-9-14(10-12-15)13-5-2-1-3-6-13;;;/h2-12H;;;. The van der Waals surface area contributed by atoms with Crippen molar-refractivity contribution in [1.29, 1.82) is 0 Å². The molecular formula is C18H11AlDyF2Re. The van der Waals surface area contributed by atoms with Crippen LogP contribution in [-0.2, 0) is 20.4 Å². The van der Waals surface area contributed by atoms with Gasteiger partial charge in [0.25, 0.3) is 0 Å². The average molecular weight is 641 g/mol. The molecular weight excluding hydrogens is 630 g/mol. The summed E-state index contributed by atoms with van der Waals surface area (Å²) in [6.45, 7) is 0. The SMILES string of the molecule is Fc1cccc(-c2ccc(-c3cc[c]([Al])cc3)cc2)c1F.[Dy].[Re]. The maximum Gasteiger partial charge on any atom is 0.175 e. The Hall–Kier alpha value is -0.0125. The van der Waals surface area contributed by atoms with E-state index in [1.54, 1.807) is 6.07 Å². The Kier molecular flexibility index (Phi) is 8.66. The topological polar surface area (TPSA) is 0 Å². The number of halogens is 2. The van der Waals surface area contributed by atoms with E-state index in [9.17, 15) is 8.78 Å². The smallest absolute Gasteiger partial charge is 0.175 e. The summed E-state index contributed by atoms with van der Waals surface area (Å²) in [5.74, 6) is -1.63. The van der Waals surface area contributed by atoms with Crippen molar-refractivity contribution in [3.8, 4) is 22.3 Å². The Morgan fingerprint density at radius 2 is 1.13 bits per heavy atom. The zero-order valence-electron chi connectivity index (χ0n) is 11.9. The van der Waals surface area contributed by atoms with E-state index < -0.39 is 11.6 Å². The van der Waals surface area contributed by atoms with Gasteiger partial charge in [-0.05, 0) is 22.8 Å². The summed E-state index contributed by atoms with van der Waals surface area (Å²) in [6, 6.07) is 19.7. The molecule has 3 radical (unpaired) electrons. The van der Waals surface area contributed by atoms with E-state index in [0.29, 0.717) is 5.56 Å². The van der Waals surface area contributed by atoms with Crippen molar-refractivity contribution < 1.29 is 67.4 Å². The van der Waals surface area contributed by atoms with E-state index >= 15 is 0 Å². The second kappa shape index (κ2) is 9.47. The van der Waals surface area contributed by atoms with Crippen molar-refractivity contribution >= 4 is 20.7 Å². The van der Waals surface area contributed by atoms with Crippen molar-refractivity contribution in [2.45, 2.75) is 0 Å². The van der Waals surface area contributed by atoms with E-state index in [1.165, 1.54) is 6.07 Å². The monoisotopic (exact) mass is 643 g/mol. The van der Waals surface area contributed by atoms with Crippen LogP contribution in [0.2, 0.25) is 0 Å². The molecule has 0 spiro atoms. The van der Waals surface area contributed by atoms with Gasteiger partial charge in [-0.1, -0.05) is 60.7 Å². The van der Waals surface area contributed by atoms with Gasteiger partial charge in [0, 0.05) is 64.2 Å². The van der Waals surface area contributed by atoms with E-state index in [0.717, 1.165) is 21.6 Å². The van der Waals surface area contributed by atoms with Crippen LogP contribution in [0, 0.1) is 49.8 Å². The van der Waals surface area contributed by atoms with Gasteiger partial charge in [-0.2, -0.15) is 0 Å². The zero-order chi connectivity index (χ0) is 14.8. The second-order valence-electron chi connectivity index (χ2n) is 4.80. The second-order valence-corrected chi connectivity index (χ2v) is 5.47. The summed E-state index contributed by atoms with van der Waals surface area (Å²) < 4.78 is 28.2. The fourth-order valence-electron chi connectivity index (χ4n) is 2.24. The Morgan fingerprint density at radius 3 is 1.70 bits per heavy atom. The summed E-state index contributed by atoms with van der Waals surface area (Å²) in [5.41, 5.74) is 3.08. The van der Waals surface area contributed by atoms with E-state index in [-0.39, 0.29) is 64.2 Å². The maximum atomic E-state index is 13.8. The van der Waals surface area contributed by atoms with Gasteiger partial charge >= 0.3 is 0 Å². The van der Waals surface area contributed by atoms with Crippen molar-refractivity contribution in [2.24, 2.45) is 0 Å². The van der Waals surface area contributed by atoms with Crippen LogP contribution in [0.15, 0.2) is 66.7 Å². The molecule has 0 aliphatic rings. The molecule has 0 saturated heterocycles. The predicted molar refractivity (Wildman–Crippen MR) is 82.6 cm³/mol. The van der Waals surface area contributed by atoms with Gasteiger partial charge in [-0.15, -0.1) is 4.43 Å². The minimum atomic E-state index is -0.826. The van der Waals surface area contributed by atoms with E-state index in [2.05, 4.69) is 16.3 Å². The van der Waals surface area contributed by atoms with Crippen LogP contribution in [-0.4, -0.2) is 16.3 Å². The van der Waals surface area contributed by atoms with Crippen LogP contribution >= 0.6 is 0 Å². The largest absolute Gasteiger partial charge is 0.204 e. The van der Waals surface area contributed by atoms with E-state index in [4.69, 9.17) is 0 Å². The summed E-state index contributed by atoms with van der Waals surface area (Å²) in [4.78, 5) is 0. The number of hydrogen-bond donors (Lipinski definition) is 0. The summed E-state index contributed by atoms with van der Waals surface area (Å²) in [5, 5.41) is 0. The van der Waals surface area contributed by atoms with E-state index in [1.807, 2.05) is 48.5 Å². The normalized spacial score (nSPS) is 9.65. The first-order valence-electron chi connectivity index (χ1n) is 6.55. The maximum absolute atomic E-state index is 13.8. The molecule has 0 saturated carbocycles. The molecule has 0 bridgehead atoms. The van der Waals surface area contributed by atoms with Gasteiger partial charge in [0.2, 0.25) is 0 Å². The third kappa shape index (κ3) is 4.98. The predicted octanol–water partition coefficient (Wildman–Crippen LogP) is 4.09. The summed E-state index contributed by atoms with van der Waals surface area (Å²) in [6.07, 6.45) is 0. The first kappa shape index (κ1) is 21.0. The van der Waals surface area contributed by atoms with Gasteiger partial charge in [0.05, 0.1) is 0 Å². The minimum absolute atomic E-state index is 0. The molecule has 23 heavy (non-hydrogen) atoms. The molecule has 3 aromatic carbocycles. The first-order valence-corrected chi connectivity index (χ1v) is 7.13. The molecule has 0 amide bonds. The van der Waals surface area contributed by atoms with Crippen LogP contribution in [0.3, 0.4) is 0 Å². The molecule has 0 heterocycles. The Morgan fingerprint density at radius 1 is 0.652 bits per heavy atom. The molecule has 5 heteroatoms. The van der Waals surface area contributed by atoms with Crippen molar-refractivity contribution in [3.63, 3.8) is 0 Å². The molecule has 0 aliphatic carbocycles. The summed E-state index contributed by atoms with van der Waals surface area (Å²) in [7, 11) is 0. The van der Waals surface area contributed by atoms with Crippen LogP contribution < -0.4 is 4.43 Å². The fourth-order valence-corrected chi connectivity index (χ4v) is 2.44. The molecule has 0 aliphatic heterocycles. The van der Waals surface area contributed by atoms with Gasteiger partial charge in [0.1, 0.15) is 0 Å².